The van der Waals surface area contributed by atoms with Crippen LogP contribution in [0.2, 0.25) is 0 Å². The van der Waals surface area contributed by atoms with E-state index in [1.807, 2.05) is 60.7 Å². The summed E-state index contributed by atoms with van der Waals surface area (Å²) >= 11 is 0. The lowest BCUT2D eigenvalue weighted by Gasteiger charge is -2.21. The van der Waals surface area contributed by atoms with Crippen LogP contribution in [0.4, 0.5) is 0 Å². The Labute approximate surface area is 107 Å². The van der Waals surface area contributed by atoms with Crippen LogP contribution in [0.1, 0.15) is 17.0 Å². The number of aliphatic hydroxyl groups is 1. The Kier molecular flexibility index (Phi) is 4.11. The number of aliphatic hydroxyl groups excluding tert-OH is 1. The maximum absolute atomic E-state index is 9.40. The molecule has 2 heteroatoms. The molecule has 1 unspecified atom stereocenters. The molecule has 0 spiro atoms. The molecule has 0 aliphatic carbocycles. The van der Waals surface area contributed by atoms with Gasteiger partial charge in [0.1, 0.15) is 0 Å². The van der Waals surface area contributed by atoms with E-state index in [0.717, 1.165) is 11.1 Å². The highest BCUT2D eigenvalue weighted by atomic mass is 16.3. The molecule has 0 amide bonds. The molecular weight excluding hydrogens is 222 g/mol. The topological polar surface area (TPSA) is 44.0 Å². The smallest absolute Gasteiger partial charge is 0.0803 e. The van der Waals surface area contributed by atoms with Crippen LogP contribution in [0.5, 0.6) is 0 Å². The van der Waals surface area contributed by atoms with E-state index in [0.29, 0.717) is 0 Å². The fraction of sp³-hybridized carbons (Fsp3) is 0.188. The Bertz CT molecular complexity index is 476. The lowest BCUT2D eigenvalue weighted by atomic mass is 9.82. The number of benzene rings is 2. The zero-order valence-corrected chi connectivity index (χ0v) is 10.0. The molecule has 0 bridgehead atoms. The summed E-state index contributed by atoms with van der Waals surface area (Å²) < 4.78 is 0. The molecule has 0 heterocycles. The average molecular weight is 237 g/mol. The molecule has 1 N–H and O–H groups in total. The zero-order chi connectivity index (χ0) is 12.8. The maximum atomic E-state index is 9.40. The Morgan fingerprint density at radius 2 is 1.33 bits per heavy atom. The van der Waals surface area contributed by atoms with E-state index in [4.69, 9.17) is 0 Å². The van der Waals surface area contributed by atoms with Crippen molar-refractivity contribution >= 4 is 0 Å². The van der Waals surface area contributed by atoms with Gasteiger partial charge in [0.2, 0.25) is 0 Å². The van der Waals surface area contributed by atoms with Gasteiger partial charge in [-0.1, -0.05) is 60.7 Å². The van der Waals surface area contributed by atoms with Crippen LogP contribution in [-0.2, 0) is 0 Å². The Morgan fingerprint density at radius 3 is 1.67 bits per heavy atom. The summed E-state index contributed by atoms with van der Waals surface area (Å²) in [4.78, 5) is 0. The molecule has 0 fully saturated rings. The lowest BCUT2D eigenvalue weighted by Crippen LogP contribution is -2.16. The van der Waals surface area contributed by atoms with E-state index in [-0.39, 0.29) is 12.5 Å². The molecular formula is C16H15NO. The minimum atomic E-state index is -0.421. The quantitative estimate of drug-likeness (QED) is 0.888. The molecule has 2 aromatic rings. The van der Waals surface area contributed by atoms with Crippen molar-refractivity contribution < 1.29 is 5.11 Å². The van der Waals surface area contributed by atoms with Crippen LogP contribution < -0.4 is 0 Å². The summed E-state index contributed by atoms with van der Waals surface area (Å²) in [6.45, 7) is -0.134. The van der Waals surface area contributed by atoms with Crippen molar-refractivity contribution in [3.63, 3.8) is 0 Å². The van der Waals surface area contributed by atoms with Crippen LogP contribution in [0, 0.1) is 17.2 Å². The minimum absolute atomic E-state index is 0.0811. The van der Waals surface area contributed by atoms with Gasteiger partial charge in [0.25, 0.3) is 0 Å². The van der Waals surface area contributed by atoms with Gasteiger partial charge >= 0.3 is 0 Å². The molecule has 0 aromatic heterocycles. The summed E-state index contributed by atoms with van der Waals surface area (Å²) in [7, 11) is 0. The van der Waals surface area contributed by atoms with Gasteiger partial charge in [-0.25, -0.2) is 0 Å². The Balaban J connectivity index is 2.45. The predicted octanol–water partition coefficient (Wildman–Crippen LogP) is 2.95. The van der Waals surface area contributed by atoms with Crippen LogP contribution >= 0.6 is 0 Å². The first-order valence-electron chi connectivity index (χ1n) is 5.97. The Hall–Kier alpha value is -2.11. The van der Waals surface area contributed by atoms with Crippen LogP contribution in [0.3, 0.4) is 0 Å². The number of hydrogen-bond acceptors (Lipinski definition) is 2. The van der Waals surface area contributed by atoms with E-state index in [9.17, 15) is 10.4 Å². The van der Waals surface area contributed by atoms with Crippen molar-refractivity contribution in [2.75, 3.05) is 6.61 Å². The molecule has 0 saturated heterocycles. The van der Waals surface area contributed by atoms with Gasteiger partial charge in [0, 0.05) is 5.92 Å². The van der Waals surface area contributed by atoms with Crippen molar-refractivity contribution in [2.24, 2.45) is 5.92 Å². The highest BCUT2D eigenvalue weighted by Gasteiger charge is 2.23. The van der Waals surface area contributed by atoms with E-state index < -0.39 is 5.92 Å². The second-order valence-electron chi connectivity index (χ2n) is 4.22. The summed E-state index contributed by atoms with van der Waals surface area (Å²) in [6, 6.07) is 21.9. The van der Waals surface area contributed by atoms with Crippen LogP contribution in [0.25, 0.3) is 0 Å². The third kappa shape index (κ3) is 2.58. The van der Waals surface area contributed by atoms with E-state index >= 15 is 0 Å². The molecule has 2 aromatic carbocycles. The predicted molar refractivity (Wildman–Crippen MR) is 70.9 cm³/mol. The normalized spacial score (nSPS) is 12.1. The number of rotatable bonds is 4. The van der Waals surface area contributed by atoms with Crippen molar-refractivity contribution in [2.45, 2.75) is 5.92 Å². The fourth-order valence-electron chi connectivity index (χ4n) is 2.20. The van der Waals surface area contributed by atoms with Crippen LogP contribution in [0.15, 0.2) is 60.7 Å². The summed E-state index contributed by atoms with van der Waals surface area (Å²) in [6.07, 6.45) is 0. The molecule has 90 valence electrons. The second-order valence-corrected chi connectivity index (χ2v) is 4.22. The van der Waals surface area contributed by atoms with Gasteiger partial charge < -0.3 is 5.11 Å². The monoisotopic (exact) mass is 237 g/mol. The molecule has 18 heavy (non-hydrogen) atoms. The molecule has 0 aliphatic heterocycles. The summed E-state index contributed by atoms with van der Waals surface area (Å²) in [5.41, 5.74) is 2.12. The van der Waals surface area contributed by atoms with Crippen LogP contribution in [-0.4, -0.2) is 11.7 Å². The van der Waals surface area contributed by atoms with Gasteiger partial charge in [-0.3, -0.25) is 0 Å². The van der Waals surface area contributed by atoms with Gasteiger partial charge in [-0.05, 0) is 11.1 Å². The molecule has 2 rings (SSSR count). The molecule has 0 aliphatic rings. The summed E-state index contributed by atoms with van der Waals surface area (Å²) in [5, 5.41) is 18.6. The van der Waals surface area contributed by atoms with E-state index in [1.165, 1.54) is 0 Å². The van der Waals surface area contributed by atoms with Gasteiger partial charge in [-0.2, -0.15) is 5.26 Å². The standard InChI is InChI=1S/C16H15NO/c17-11-15(12-18)16(13-7-3-1-4-8-13)14-9-5-2-6-10-14/h1-10,15-16,18H,12H2. The maximum Gasteiger partial charge on any atom is 0.0803 e. The average Bonchev–Trinajstić information content (AvgIpc) is 2.46. The first-order chi connectivity index (χ1) is 8.86. The van der Waals surface area contributed by atoms with Gasteiger partial charge in [-0.15, -0.1) is 0 Å². The van der Waals surface area contributed by atoms with Crippen molar-refractivity contribution in [1.29, 1.82) is 5.26 Å². The highest BCUT2D eigenvalue weighted by molar-refractivity contribution is 5.34. The van der Waals surface area contributed by atoms with E-state index in [2.05, 4.69) is 6.07 Å². The second kappa shape index (κ2) is 6.00. The van der Waals surface area contributed by atoms with Gasteiger partial charge in [0.15, 0.2) is 0 Å². The zero-order valence-electron chi connectivity index (χ0n) is 10.0. The molecule has 0 saturated carbocycles. The first kappa shape index (κ1) is 12.3. The highest BCUT2D eigenvalue weighted by Crippen LogP contribution is 2.31. The number of hydrogen-bond donors (Lipinski definition) is 1. The van der Waals surface area contributed by atoms with Crippen molar-refractivity contribution in [1.82, 2.24) is 0 Å². The molecule has 0 radical (unpaired) electrons. The van der Waals surface area contributed by atoms with E-state index in [1.54, 1.807) is 0 Å². The summed E-state index contributed by atoms with van der Waals surface area (Å²) in [5.74, 6) is -0.503. The van der Waals surface area contributed by atoms with Gasteiger partial charge in [0.05, 0.1) is 18.6 Å². The lowest BCUT2D eigenvalue weighted by molar-refractivity contribution is 0.245. The molecule has 2 nitrogen and oxygen atoms in total. The Morgan fingerprint density at radius 1 is 0.889 bits per heavy atom. The largest absolute Gasteiger partial charge is 0.395 e. The van der Waals surface area contributed by atoms with Crippen molar-refractivity contribution in [3.8, 4) is 6.07 Å². The first-order valence-corrected chi connectivity index (χ1v) is 5.97. The van der Waals surface area contributed by atoms with Crippen molar-refractivity contribution in [3.05, 3.63) is 71.8 Å². The third-order valence-corrected chi connectivity index (χ3v) is 3.08. The number of nitriles is 1. The number of nitrogens with zero attached hydrogens (tertiary/aromatic N) is 1. The SMILES string of the molecule is N#CC(CO)C(c1ccccc1)c1ccccc1. The third-order valence-electron chi connectivity index (χ3n) is 3.08. The fourth-order valence-corrected chi connectivity index (χ4v) is 2.20. The molecule has 1 atom stereocenters. The minimum Gasteiger partial charge on any atom is -0.395 e.